The second kappa shape index (κ2) is 11.5. The van der Waals surface area contributed by atoms with Gasteiger partial charge in [-0.15, -0.1) is 0 Å². The van der Waals surface area contributed by atoms with Gasteiger partial charge in [0, 0.05) is 28.5 Å². The fourth-order valence-electron chi connectivity index (χ4n) is 3.76. The van der Waals surface area contributed by atoms with E-state index in [2.05, 4.69) is 5.32 Å². The molecule has 0 aliphatic heterocycles. The predicted octanol–water partition coefficient (Wildman–Crippen LogP) is 6.09. The zero-order valence-corrected chi connectivity index (χ0v) is 21.2. The third kappa shape index (κ3) is 7.89. The molecule has 0 bridgehead atoms. The fraction of sp³-hybridized carbons (Fsp3) is 0.286. The molecule has 6 heteroatoms. The van der Waals surface area contributed by atoms with Gasteiger partial charge in [0.05, 0.1) is 6.42 Å². The van der Waals surface area contributed by atoms with E-state index >= 15 is 0 Å². The van der Waals surface area contributed by atoms with Crippen molar-refractivity contribution in [2.24, 2.45) is 0 Å². The first kappa shape index (κ1) is 25.8. The summed E-state index contributed by atoms with van der Waals surface area (Å²) in [6.07, 6.45) is 0.528. The van der Waals surface area contributed by atoms with Crippen LogP contribution in [0, 0.1) is 0 Å². The maximum Gasteiger partial charge on any atom is 0.243 e. The monoisotopic (exact) mass is 496 g/mol. The molecule has 0 heterocycles. The molecule has 0 aliphatic carbocycles. The largest absolute Gasteiger partial charge is 0.350 e. The Kier molecular flexibility index (Phi) is 8.76. The van der Waals surface area contributed by atoms with E-state index in [0.29, 0.717) is 16.5 Å². The molecule has 4 nitrogen and oxygen atoms in total. The smallest absolute Gasteiger partial charge is 0.243 e. The van der Waals surface area contributed by atoms with Gasteiger partial charge in [-0.3, -0.25) is 9.59 Å². The summed E-state index contributed by atoms with van der Waals surface area (Å²) in [7, 11) is 0. The van der Waals surface area contributed by atoms with Crippen LogP contribution in [-0.2, 0) is 29.0 Å². The Bertz CT molecular complexity index is 1130. The summed E-state index contributed by atoms with van der Waals surface area (Å²) in [6.45, 7) is 6.05. The summed E-state index contributed by atoms with van der Waals surface area (Å²) < 4.78 is 0. The molecule has 0 saturated carbocycles. The van der Waals surface area contributed by atoms with Gasteiger partial charge in [-0.1, -0.05) is 77.8 Å². The van der Waals surface area contributed by atoms with Crippen molar-refractivity contribution < 1.29 is 9.59 Å². The van der Waals surface area contributed by atoms with Gasteiger partial charge in [-0.05, 0) is 61.7 Å². The summed E-state index contributed by atoms with van der Waals surface area (Å²) in [4.78, 5) is 28.9. The summed E-state index contributed by atoms with van der Waals surface area (Å²) in [5, 5.41) is 4.21. The minimum Gasteiger partial charge on any atom is -0.350 e. The normalized spacial score (nSPS) is 12.1. The molecule has 0 spiro atoms. The molecule has 3 aromatic carbocycles. The molecule has 178 valence electrons. The quantitative estimate of drug-likeness (QED) is 0.410. The van der Waals surface area contributed by atoms with Crippen molar-refractivity contribution in [3.63, 3.8) is 0 Å². The highest BCUT2D eigenvalue weighted by Crippen LogP contribution is 2.20. The van der Waals surface area contributed by atoms with Crippen LogP contribution in [0.3, 0.4) is 0 Å². The van der Waals surface area contributed by atoms with E-state index in [4.69, 9.17) is 23.2 Å². The molecule has 2 amide bonds. The maximum atomic E-state index is 13.7. The minimum atomic E-state index is -0.702. The van der Waals surface area contributed by atoms with E-state index in [1.807, 2.05) is 81.4 Å². The van der Waals surface area contributed by atoms with E-state index in [0.717, 1.165) is 16.7 Å². The Morgan fingerprint density at radius 1 is 0.824 bits per heavy atom. The van der Waals surface area contributed by atoms with Gasteiger partial charge < -0.3 is 10.2 Å². The number of carbonyl (C=O) groups is 2. The number of nitrogens with zero attached hydrogens (tertiary/aromatic N) is 1. The van der Waals surface area contributed by atoms with Crippen LogP contribution >= 0.6 is 23.2 Å². The number of benzene rings is 3. The van der Waals surface area contributed by atoms with Gasteiger partial charge in [0.1, 0.15) is 6.04 Å². The van der Waals surface area contributed by atoms with E-state index in [9.17, 15) is 9.59 Å². The number of nitrogens with one attached hydrogen (secondary N) is 1. The molecule has 3 aromatic rings. The van der Waals surface area contributed by atoms with Crippen molar-refractivity contribution >= 4 is 35.0 Å². The molecule has 1 N–H and O–H groups in total. The van der Waals surface area contributed by atoms with Crippen LogP contribution in [0.15, 0.2) is 78.9 Å². The van der Waals surface area contributed by atoms with Crippen LogP contribution in [0.2, 0.25) is 10.0 Å². The van der Waals surface area contributed by atoms with Crippen LogP contribution in [0.4, 0.5) is 0 Å². The number of hydrogen-bond acceptors (Lipinski definition) is 2. The van der Waals surface area contributed by atoms with Crippen molar-refractivity contribution in [3.05, 3.63) is 106 Å². The first-order valence-corrected chi connectivity index (χ1v) is 12.0. The lowest BCUT2D eigenvalue weighted by molar-refractivity contribution is -0.141. The van der Waals surface area contributed by atoms with Crippen molar-refractivity contribution in [2.45, 2.75) is 51.7 Å². The number of halogens is 2. The maximum absolute atomic E-state index is 13.7. The van der Waals surface area contributed by atoms with E-state index in [1.165, 1.54) is 0 Å². The van der Waals surface area contributed by atoms with Gasteiger partial charge in [-0.25, -0.2) is 0 Å². The number of carbonyl (C=O) groups excluding carboxylic acids is 2. The number of hydrogen-bond donors (Lipinski definition) is 1. The second-order valence-electron chi connectivity index (χ2n) is 9.40. The summed E-state index contributed by atoms with van der Waals surface area (Å²) >= 11 is 12.4. The Labute approximate surface area is 211 Å². The van der Waals surface area contributed by atoms with E-state index in [-0.39, 0.29) is 24.8 Å². The minimum absolute atomic E-state index is 0.134. The SMILES string of the molecule is CC(C)(C)NC(=O)C(Cc1ccccc1)N(Cc1cccc(Cl)c1)C(=O)Cc1cccc(Cl)c1. The molecule has 0 fully saturated rings. The van der Waals surface area contributed by atoms with Gasteiger partial charge in [0.15, 0.2) is 0 Å². The van der Waals surface area contributed by atoms with Crippen molar-refractivity contribution in [2.75, 3.05) is 0 Å². The Morgan fingerprint density at radius 3 is 1.97 bits per heavy atom. The van der Waals surface area contributed by atoms with E-state index in [1.54, 1.807) is 23.1 Å². The van der Waals surface area contributed by atoms with E-state index < -0.39 is 11.6 Å². The standard InChI is InChI=1S/C28H30Cl2N2O2/c1-28(2,3)31-27(34)25(17-20-9-5-4-6-10-20)32(19-22-12-8-14-24(30)16-22)26(33)18-21-11-7-13-23(29)15-21/h4-16,25H,17-19H2,1-3H3,(H,31,34). The number of amides is 2. The first-order valence-electron chi connectivity index (χ1n) is 11.2. The predicted molar refractivity (Wildman–Crippen MR) is 139 cm³/mol. The molecular formula is C28H30Cl2N2O2. The Morgan fingerprint density at radius 2 is 1.38 bits per heavy atom. The molecule has 3 rings (SSSR count). The lowest BCUT2D eigenvalue weighted by atomic mass is 10.00. The summed E-state index contributed by atoms with van der Waals surface area (Å²) in [6, 6.07) is 23.6. The lowest BCUT2D eigenvalue weighted by Gasteiger charge is -2.34. The number of rotatable bonds is 8. The van der Waals surface area contributed by atoms with Gasteiger partial charge >= 0.3 is 0 Å². The van der Waals surface area contributed by atoms with Crippen LogP contribution in [0.1, 0.15) is 37.5 Å². The summed E-state index contributed by atoms with van der Waals surface area (Å²) in [5.41, 5.74) is 2.18. The molecule has 34 heavy (non-hydrogen) atoms. The second-order valence-corrected chi connectivity index (χ2v) is 10.3. The molecule has 0 aromatic heterocycles. The molecule has 0 saturated heterocycles. The molecule has 0 radical (unpaired) electrons. The fourth-order valence-corrected chi connectivity index (χ4v) is 4.19. The van der Waals surface area contributed by atoms with Crippen LogP contribution in [0.5, 0.6) is 0 Å². The summed E-state index contributed by atoms with van der Waals surface area (Å²) in [5.74, 6) is -0.356. The Hall–Kier alpha value is -2.82. The average molecular weight is 497 g/mol. The van der Waals surface area contributed by atoms with Gasteiger partial charge in [0.25, 0.3) is 0 Å². The molecule has 1 atom stereocenters. The topological polar surface area (TPSA) is 49.4 Å². The van der Waals surface area contributed by atoms with Gasteiger partial charge in [0.2, 0.25) is 11.8 Å². The Balaban J connectivity index is 1.99. The average Bonchev–Trinajstić information content (AvgIpc) is 2.75. The highest BCUT2D eigenvalue weighted by molar-refractivity contribution is 6.30. The van der Waals surface area contributed by atoms with Crippen molar-refractivity contribution in [1.82, 2.24) is 10.2 Å². The van der Waals surface area contributed by atoms with Crippen LogP contribution in [-0.4, -0.2) is 28.3 Å². The molecule has 1 unspecified atom stereocenters. The molecular weight excluding hydrogens is 467 g/mol. The van der Waals surface area contributed by atoms with Gasteiger partial charge in [-0.2, -0.15) is 0 Å². The van der Waals surface area contributed by atoms with Crippen molar-refractivity contribution in [1.29, 1.82) is 0 Å². The first-order chi connectivity index (χ1) is 16.1. The van der Waals surface area contributed by atoms with Crippen molar-refractivity contribution in [3.8, 4) is 0 Å². The highest BCUT2D eigenvalue weighted by Gasteiger charge is 2.32. The molecule has 0 aliphatic rings. The zero-order valence-electron chi connectivity index (χ0n) is 19.7. The third-order valence-electron chi connectivity index (χ3n) is 5.26. The highest BCUT2D eigenvalue weighted by atomic mass is 35.5. The third-order valence-corrected chi connectivity index (χ3v) is 5.73. The van der Waals surface area contributed by atoms with Crippen LogP contribution < -0.4 is 5.32 Å². The van der Waals surface area contributed by atoms with Crippen LogP contribution in [0.25, 0.3) is 0 Å². The lowest BCUT2D eigenvalue weighted by Crippen LogP contribution is -2.54. The zero-order chi connectivity index (χ0) is 24.7.